The molecule has 0 bridgehead atoms. The predicted octanol–water partition coefficient (Wildman–Crippen LogP) is 1.58. The van der Waals surface area contributed by atoms with Crippen LogP contribution in [0.15, 0.2) is 0 Å². The molecule has 4 heteroatoms. The van der Waals surface area contributed by atoms with Gasteiger partial charge in [-0.1, -0.05) is 12.8 Å². The van der Waals surface area contributed by atoms with E-state index in [9.17, 15) is 4.79 Å². The number of rotatable bonds is 9. The van der Waals surface area contributed by atoms with Crippen molar-refractivity contribution < 1.29 is 9.53 Å². The van der Waals surface area contributed by atoms with Crippen LogP contribution in [0.3, 0.4) is 0 Å². The first kappa shape index (κ1) is 14.5. The minimum absolute atomic E-state index is 0.130. The lowest BCUT2D eigenvalue weighted by atomic mass is 9.77. The molecule has 1 amide bonds. The first-order chi connectivity index (χ1) is 8.22. The molecule has 100 valence electrons. The zero-order valence-electron chi connectivity index (χ0n) is 11.0. The number of methoxy groups -OCH3 is 1. The van der Waals surface area contributed by atoms with Crippen LogP contribution in [0, 0.1) is 0 Å². The Morgan fingerprint density at radius 2 is 2.00 bits per heavy atom. The molecule has 0 aromatic heterocycles. The van der Waals surface area contributed by atoms with Gasteiger partial charge in [-0.15, -0.1) is 0 Å². The van der Waals surface area contributed by atoms with Crippen LogP contribution >= 0.6 is 0 Å². The first-order valence-electron chi connectivity index (χ1n) is 6.74. The van der Waals surface area contributed by atoms with Gasteiger partial charge in [0.25, 0.3) is 0 Å². The summed E-state index contributed by atoms with van der Waals surface area (Å²) < 4.78 is 5.43. The normalized spacial score (nSPS) is 17.5. The van der Waals surface area contributed by atoms with Crippen molar-refractivity contribution in [2.75, 3.05) is 20.2 Å². The highest BCUT2D eigenvalue weighted by Crippen LogP contribution is 2.37. The molecule has 0 aliphatic heterocycles. The summed E-state index contributed by atoms with van der Waals surface area (Å²) in [5.41, 5.74) is 5.27. The van der Waals surface area contributed by atoms with Gasteiger partial charge in [-0.2, -0.15) is 0 Å². The Hall–Kier alpha value is -0.610. The third kappa shape index (κ3) is 5.04. The second-order valence-electron chi connectivity index (χ2n) is 4.97. The number of amides is 1. The summed E-state index contributed by atoms with van der Waals surface area (Å²) in [5.74, 6) is 0.130. The summed E-state index contributed by atoms with van der Waals surface area (Å²) in [6.07, 6.45) is 8.18. The van der Waals surface area contributed by atoms with Crippen molar-refractivity contribution in [3.8, 4) is 0 Å². The van der Waals surface area contributed by atoms with Crippen LogP contribution in [0.4, 0.5) is 0 Å². The zero-order valence-corrected chi connectivity index (χ0v) is 11.0. The van der Waals surface area contributed by atoms with Crippen LogP contribution in [-0.4, -0.2) is 31.7 Å². The van der Waals surface area contributed by atoms with E-state index in [0.29, 0.717) is 6.42 Å². The Kier molecular flexibility index (Phi) is 6.52. The lowest BCUT2D eigenvalue weighted by Crippen LogP contribution is -2.44. The lowest BCUT2D eigenvalue weighted by molar-refractivity contribution is -0.134. The predicted molar refractivity (Wildman–Crippen MR) is 68.7 cm³/mol. The van der Waals surface area contributed by atoms with E-state index >= 15 is 0 Å². The first-order valence-corrected chi connectivity index (χ1v) is 6.74. The van der Waals surface area contributed by atoms with Gasteiger partial charge in [-0.25, -0.2) is 0 Å². The van der Waals surface area contributed by atoms with E-state index in [2.05, 4.69) is 5.32 Å². The fourth-order valence-corrected chi connectivity index (χ4v) is 2.23. The summed E-state index contributed by atoms with van der Waals surface area (Å²) in [6, 6.07) is 0. The molecule has 1 fully saturated rings. The molecule has 17 heavy (non-hydrogen) atoms. The van der Waals surface area contributed by atoms with E-state index in [-0.39, 0.29) is 11.5 Å². The molecule has 0 heterocycles. The molecule has 1 saturated carbocycles. The third-order valence-electron chi connectivity index (χ3n) is 3.63. The van der Waals surface area contributed by atoms with Gasteiger partial charge >= 0.3 is 0 Å². The Balaban J connectivity index is 2.01. The quantitative estimate of drug-likeness (QED) is 0.603. The maximum atomic E-state index is 11.7. The fourth-order valence-electron chi connectivity index (χ4n) is 2.23. The second-order valence-corrected chi connectivity index (χ2v) is 4.97. The van der Waals surface area contributed by atoms with Gasteiger partial charge in [0.15, 0.2) is 0 Å². The summed E-state index contributed by atoms with van der Waals surface area (Å²) in [5, 5.41) is 2.97. The Bertz CT molecular complexity index is 222. The molecule has 1 aliphatic rings. The average Bonchev–Trinajstić information content (AvgIpc) is 2.28. The van der Waals surface area contributed by atoms with Crippen molar-refractivity contribution >= 4 is 5.91 Å². The zero-order chi connectivity index (χ0) is 12.6. The Labute approximate surface area is 104 Å². The number of hydrogen-bond acceptors (Lipinski definition) is 3. The van der Waals surface area contributed by atoms with Crippen LogP contribution in [0.2, 0.25) is 0 Å². The molecular weight excluding hydrogens is 216 g/mol. The summed E-state index contributed by atoms with van der Waals surface area (Å²) in [7, 11) is 1.71. The molecule has 1 aliphatic carbocycles. The van der Waals surface area contributed by atoms with Crippen LogP contribution in [0.25, 0.3) is 0 Å². The van der Waals surface area contributed by atoms with Gasteiger partial charge in [0.1, 0.15) is 0 Å². The van der Waals surface area contributed by atoms with Gasteiger partial charge in [0.05, 0.1) is 12.0 Å². The third-order valence-corrected chi connectivity index (χ3v) is 3.63. The van der Waals surface area contributed by atoms with E-state index in [1.807, 2.05) is 0 Å². The number of hydrogen-bond donors (Lipinski definition) is 2. The number of ether oxygens (including phenoxy) is 1. The van der Waals surface area contributed by atoms with E-state index in [4.69, 9.17) is 10.5 Å². The number of nitrogens with two attached hydrogens (primary N) is 1. The monoisotopic (exact) mass is 242 g/mol. The minimum Gasteiger partial charge on any atom is -0.378 e. The molecule has 0 aromatic carbocycles. The summed E-state index contributed by atoms with van der Waals surface area (Å²) in [6.45, 7) is 1.55. The molecule has 1 rings (SSSR count). The summed E-state index contributed by atoms with van der Waals surface area (Å²) >= 11 is 0. The van der Waals surface area contributed by atoms with Crippen molar-refractivity contribution in [1.29, 1.82) is 0 Å². The molecular formula is C13H26N2O2. The number of unbranched alkanes of at least 4 members (excludes halogenated alkanes) is 3. The topological polar surface area (TPSA) is 64.3 Å². The number of carbonyl (C=O) groups excluding carboxylic acids is 1. The standard InChI is InChI=1S/C13H26N2O2/c1-17-13(7-6-8-13)11-12(16)15-10-5-3-2-4-9-14/h2-11,14H2,1H3,(H,15,16). The van der Waals surface area contributed by atoms with E-state index in [1.54, 1.807) is 7.11 Å². The minimum atomic E-state index is -0.149. The van der Waals surface area contributed by atoms with E-state index in [1.165, 1.54) is 6.42 Å². The maximum Gasteiger partial charge on any atom is 0.222 e. The highest BCUT2D eigenvalue weighted by molar-refractivity contribution is 5.77. The van der Waals surface area contributed by atoms with Crippen molar-refractivity contribution in [3.05, 3.63) is 0 Å². The maximum absolute atomic E-state index is 11.7. The van der Waals surface area contributed by atoms with Gasteiger partial charge < -0.3 is 15.8 Å². The van der Waals surface area contributed by atoms with Crippen LogP contribution in [0.1, 0.15) is 51.4 Å². The molecule has 0 spiro atoms. The molecule has 4 nitrogen and oxygen atoms in total. The highest BCUT2D eigenvalue weighted by Gasteiger charge is 2.38. The number of carbonyl (C=O) groups is 1. The van der Waals surface area contributed by atoms with Crippen LogP contribution in [-0.2, 0) is 9.53 Å². The van der Waals surface area contributed by atoms with Crippen LogP contribution in [0.5, 0.6) is 0 Å². The Morgan fingerprint density at radius 3 is 2.53 bits per heavy atom. The smallest absolute Gasteiger partial charge is 0.222 e. The van der Waals surface area contributed by atoms with E-state index in [0.717, 1.165) is 51.6 Å². The van der Waals surface area contributed by atoms with Gasteiger partial charge in [0.2, 0.25) is 5.91 Å². The summed E-state index contributed by atoms with van der Waals surface area (Å²) in [4.78, 5) is 11.7. The van der Waals surface area contributed by atoms with E-state index < -0.39 is 0 Å². The molecule has 0 atom stereocenters. The van der Waals surface area contributed by atoms with Crippen molar-refractivity contribution in [2.45, 2.75) is 57.0 Å². The Morgan fingerprint density at radius 1 is 1.29 bits per heavy atom. The van der Waals surface area contributed by atoms with Crippen LogP contribution < -0.4 is 11.1 Å². The van der Waals surface area contributed by atoms with Crippen molar-refractivity contribution in [2.24, 2.45) is 5.73 Å². The average molecular weight is 242 g/mol. The number of nitrogens with one attached hydrogen (secondary N) is 1. The molecule has 3 N–H and O–H groups in total. The highest BCUT2D eigenvalue weighted by atomic mass is 16.5. The van der Waals surface area contributed by atoms with Gasteiger partial charge in [0, 0.05) is 13.7 Å². The molecule has 0 saturated heterocycles. The second kappa shape index (κ2) is 7.67. The van der Waals surface area contributed by atoms with Crippen molar-refractivity contribution in [3.63, 3.8) is 0 Å². The molecule has 0 unspecified atom stereocenters. The molecule has 0 aromatic rings. The lowest BCUT2D eigenvalue weighted by Gasteiger charge is -2.39. The fraction of sp³-hybridized carbons (Fsp3) is 0.923. The van der Waals surface area contributed by atoms with Crippen molar-refractivity contribution in [1.82, 2.24) is 5.32 Å². The van der Waals surface area contributed by atoms with Gasteiger partial charge in [-0.05, 0) is 38.6 Å². The van der Waals surface area contributed by atoms with Gasteiger partial charge in [-0.3, -0.25) is 4.79 Å². The largest absolute Gasteiger partial charge is 0.378 e. The SMILES string of the molecule is COC1(CC(=O)NCCCCCCN)CCC1. The molecule has 0 radical (unpaired) electrons.